The number of hydrogen-bond acceptors (Lipinski definition) is 2. The first-order chi connectivity index (χ1) is 8.25. The minimum Gasteiger partial charge on any atom is -0.306 e. The van der Waals surface area contributed by atoms with Gasteiger partial charge in [0.2, 0.25) is 0 Å². The maximum Gasteiger partial charge on any atom is 0.0409 e. The zero-order valence-electron chi connectivity index (χ0n) is 9.73. The van der Waals surface area contributed by atoms with E-state index < -0.39 is 0 Å². The van der Waals surface area contributed by atoms with Crippen LogP contribution in [-0.4, -0.2) is 4.98 Å². The van der Waals surface area contributed by atoms with Gasteiger partial charge < -0.3 is 5.32 Å². The molecule has 88 valence electrons. The molecule has 17 heavy (non-hydrogen) atoms. The van der Waals surface area contributed by atoms with Gasteiger partial charge in [-0.3, -0.25) is 4.98 Å². The molecule has 0 aliphatic carbocycles. The van der Waals surface area contributed by atoms with E-state index >= 15 is 0 Å². The number of aromatic nitrogens is 1. The third kappa shape index (κ3) is 3.55. The first-order valence-electron chi connectivity index (χ1n) is 5.63. The van der Waals surface area contributed by atoms with Crippen LogP contribution in [0, 0.1) is 0 Å². The van der Waals surface area contributed by atoms with Crippen LogP contribution in [0.4, 0.5) is 0 Å². The van der Waals surface area contributed by atoms with Gasteiger partial charge in [0, 0.05) is 30.0 Å². The van der Waals surface area contributed by atoms with Gasteiger partial charge in [0.15, 0.2) is 0 Å². The number of benzene rings is 1. The molecule has 3 heteroatoms. The van der Waals surface area contributed by atoms with Gasteiger partial charge in [-0.2, -0.15) is 0 Å². The molecule has 2 rings (SSSR count). The Labute approximate surface area is 107 Å². The second-order valence-corrected chi connectivity index (χ2v) is 4.46. The monoisotopic (exact) mass is 246 g/mol. The quantitative estimate of drug-likeness (QED) is 0.892. The summed E-state index contributed by atoms with van der Waals surface area (Å²) < 4.78 is 0. The van der Waals surface area contributed by atoms with E-state index in [0.29, 0.717) is 0 Å². The molecule has 1 aromatic heterocycles. The summed E-state index contributed by atoms with van der Waals surface area (Å²) in [5, 5.41) is 4.22. The lowest BCUT2D eigenvalue weighted by molar-refractivity contribution is 0.573. The van der Waals surface area contributed by atoms with Crippen molar-refractivity contribution < 1.29 is 0 Å². The molecule has 0 bridgehead atoms. The molecule has 1 heterocycles. The highest BCUT2D eigenvalue weighted by Gasteiger charge is 2.04. The van der Waals surface area contributed by atoms with E-state index in [1.54, 1.807) is 6.20 Å². The van der Waals surface area contributed by atoms with Crippen molar-refractivity contribution in [3.63, 3.8) is 0 Å². The van der Waals surface area contributed by atoms with Gasteiger partial charge in [0.25, 0.3) is 0 Å². The van der Waals surface area contributed by atoms with Crippen molar-refractivity contribution in [1.82, 2.24) is 10.3 Å². The molecule has 1 aromatic carbocycles. The lowest BCUT2D eigenvalue weighted by atomic mass is 10.1. The Morgan fingerprint density at radius 1 is 1.29 bits per heavy atom. The number of nitrogens with zero attached hydrogens (tertiary/aromatic N) is 1. The highest BCUT2D eigenvalue weighted by Crippen LogP contribution is 2.13. The summed E-state index contributed by atoms with van der Waals surface area (Å²) >= 11 is 5.94. The summed E-state index contributed by atoms with van der Waals surface area (Å²) in [5.74, 6) is 0. The molecule has 0 radical (unpaired) electrons. The summed E-state index contributed by atoms with van der Waals surface area (Å²) in [4.78, 5) is 4.11. The average molecular weight is 247 g/mol. The molecule has 1 unspecified atom stereocenters. The van der Waals surface area contributed by atoms with Gasteiger partial charge in [0.05, 0.1) is 0 Å². The minimum absolute atomic E-state index is 0.280. The fourth-order valence-corrected chi connectivity index (χ4v) is 1.88. The Bertz CT molecular complexity index is 471. The molecule has 0 fully saturated rings. The van der Waals surface area contributed by atoms with Gasteiger partial charge >= 0.3 is 0 Å². The van der Waals surface area contributed by atoms with Crippen LogP contribution >= 0.6 is 11.6 Å². The fourth-order valence-electron chi connectivity index (χ4n) is 1.67. The molecule has 1 N–H and O–H groups in total. The first kappa shape index (κ1) is 12.1. The van der Waals surface area contributed by atoms with Gasteiger partial charge in [-0.15, -0.1) is 0 Å². The Hall–Kier alpha value is -1.38. The molecule has 0 saturated carbocycles. The van der Waals surface area contributed by atoms with E-state index in [2.05, 4.69) is 29.4 Å². The molecule has 0 aliphatic heterocycles. The summed E-state index contributed by atoms with van der Waals surface area (Å²) in [6, 6.07) is 12.2. The van der Waals surface area contributed by atoms with Gasteiger partial charge in [0.1, 0.15) is 0 Å². The third-order valence-electron chi connectivity index (χ3n) is 2.69. The topological polar surface area (TPSA) is 24.9 Å². The van der Waals surface area contributed by atoms with Gasteiger partial charge in [-0.05, 0) is 36.2 Å². The molecule has 0 spiro atoms. The van der Waals surface area contributed by atoms with Crippen molar-refractivity contribution in [2.75, 3.05) is 0 Å². The number of hydrogen-bond donors (Lipinski definition) is 1. The molecule has 0 amide bonds. The van der Waals surface area contributed by atoms with Crippen molar-refractivity contribution >= 4 is 11.6 Å². The van der Waals surface area contributed by atoms with Crippen molar-refractivity contribution in [2.45, 2.75) is 19.5 Å². The Balaban J connectivity index is 1.95. The Kier molecular flexibility index (Phi) is 4.13. The number of pyridine rings is 1. The van der Waals surface area contributed by atoms with E-state index in [4.69, 9.17) is 11.6 Å². The van der Waals surface area contributed by atoms with Crippen LogP contribution < -0.4 is 5.32 Å². The molecule has 1 atom stereocenters. The van der Waals surface area contributed by atoms with Crippen molar-refractivity contribution in [2.24, 2.45) is 0 Å². The van der Waals surface area contributed by atoms with Gasteiger partial charge in [-0.1, -0.05) is 29.8 Å². The van der Waals surface area contributed by atoms with Crippen LogP contribution in [0.1, 0.15) is 24.1 Å². The largest absolute Gasteiger partial charge is 0.306 e. The van der Waals surface area contributed by atoms with E-state index in [1.165, 1.54) is 11.1 Å². The molecule has 0 saturated heterocycles. The van der Waals surface area contributed by atoms with Gasteiger partial charge in [-0.25, -0.2) is 0 Å². The number of halogens is 1. The zero-order chi connectivity index (χ0) is 12.1. The molecule has 2 aromatic rings. The van der Waals surface area contributed by atoms with E-state index in [0.717, 1.165) is 11.6 Å². The second kappa shape index (κ2) is 5.80. The summed E-state index contributed by atoms with van der Waals surface area (Å²) in [6.07, 6.45) is 3.67. The highest BCUT2D eigenvalue weighted by molar-refractivity contribution is 6.30. The zero-order valence-corrected chi connectivity index (χ0v) is 10.5. The lowest BCUT2D eigenvalue weighted by Gasteiger charge is -2.13. The Morgan fingerprint density at radius 2 is 2.18 bits per heavy atom. The van der Waals surface area contributed by atoms with E-state index in [9.17, 15) is 0 Å². The summed E-state index contributed by atoms with van der Waals surface area (Å²) in [7, 11) is 0. The summed E-state index contributed by atoms with van der Waals surface area (Å²) in [6.45, 7) is 2.93. The normalized spacial score (nSPS) is 12.4. The SMILES string of the molecule is CC(NCc1cccc(Cl)c1)c1cccnc1. The van der Waals surface area contributed by atoms with Crippen molar-refractivity contribution in [1.29, 1.82) is 0 Å². The molecule has 0 aliphatic rings. The molecule has 2 nitrogen and oxygen atoms in total. The van der Waals surface area contributed by atoms with Crippen molar-refractivity contribution in [3.8, 4) is 0 Å². The highest BCUT2D eigenvalue weighted by atomic mass is 35.5. The lowest BCUT2D eigenvalue weighted by Crippen LogP contribution is -2.18. The van der Waals surface area contributed by atoms with Crippen LogP contribution in [0.3, 0.4) is 0 Å². The fraction of sp³-hybridized carbons (Fsp3) is 0.214. The maximum absolute atomic E-state index is 5.94. The predicted octanol–water partition coefficient (Wildman–Crippen LogP) is 3.59. The van der Waals surface area contributed by atoms with Crippen LogP contribution in [0.5, 0.6) is 0 Å². The first-order valence-corrected chi connectivity index (χ1v) is 6.01. The number of nitrogens with one attached hydrogen (secondary N) is 1. The Morgan fingerprint density at radius 3 is 2.88 bits per heavy atom. The smallest absolute Gasteiger partial charge is 0.0409 e. The van der Waals surface area contributed by atoms with Crippen LogP contribution in [0.2, 0.25) is 5.02 Å². The third-order valence-corrected chi connectivity index (χ3v) is 2.92. The van der Waals surface area contributed by atoms with Crippen LogP contribution in [-0.2, 0) is 6.54 Å². The molecular weight excluding hydrogens is 232 g/mol. The number of rotatable bonds is 4. The second-order valence-electron chi connectivity index (χ2n) is 4.02. The van der Waals surface area contributed by atoms with Crippen molar-refractivity contribution in [3.05, 3.63) is 64.9 Å². The minimum atomic E-state index is 0.280. The van der Waals surface area contributed by atoms with E-state index in [1.807, 2.05) is 30.5 Å². The van der Waals surface area contributed by atoms with E-state index in [-0.39, 0.29) is 6.04 Å². The maximum atomic E-state index is 5.94. The van der Waals surface area contributed by atoms with Crippen LogP contribution in [0.15, 0.2) is 48.8 Å². The molecular formula is C14H15ClN2. The van der Waals surface area contributed by atoms with Crippen LogP contribution in [0.25, 0.3) is 0 Å². The summed E-state index contributed by atoms with van der Waals surface area (Å²) in [5.41, 5.74) is 2.38. The standard InChI is InChI=1S/C14H15ClN2/c1-11(13-5-3-7-16-10-13)17-9-12-4-2-6-14(15)8-12/h2-8,10-11,17H,9H2,1H3. The average Bonchev–Trinajstić information content (AvgIpc) is 2.37. The predicted molar refractivity (Wildman–Crippen MR) is 70.9 cm³/mol.